The standard InChI is InChI=1S/C19H19NO/c1-3-7-16(8-4-1)13-19(18-11-12-21-15-18)20-14-17-9-5-2-6-10-17/h1-12,15,19-20H,13-14H2. The summed E-state index contributed by atoms with van der Waals surface area (Å²) in [6, 6.07) is 23.3. The molecule has 0 spiro atoms. The number of hydrogen-bond donors (Lipinski definition) is 1. The lowest BCUT2D eigenvalue weighted by molar-refractivity contribution is 0.512. The Morgan fingerprint density at radius 1 is 0.810 bits per heavy atom. The zero-order valence-electron chi connectivity index (χ0n) is 11.9. The molecule has 0 radical (unpaired) electrons. The van der Waals surface area contributed by atoms with Crippen molar-refractivity contribution in [3.8, 4) is 0 Å². The normalized spacial score (nSPS) is 12.2. The van der Waals surface area contributed by atoms with E-state index >= 15 is 0 Å². The molecule has 0 amide bonds. The minimum Gasteiger partial charge on any atom is -0.472 e. The molecule has 0 aliphatic rings. The molecule has 0 aliphatic heterocycles. The van der Waals surface area contributed by atoms with Gasteiger partial charge in [0.15, 0.2) is 0 Å². The average molecular weight is 277 g/mol. The van der Waals surface area contributed by atoms with Gasteiger partial charge in [-0.2, -0.15) is 0 Å². The van der Waals surface area contributed by atoms with Gasteiger partial charge in [-0.05, 0) is 23.6 Å². The molecule has 21 heavy (non-hydrogen) atoms. The molecule has 2 heteroatoms. The highest BCUT2D eigenvalue weighted by molar-refractivity contribution is 5.21. The van der Waals surface area contributed by atoms with Crippen molar-refractivity contribution < 1.29 is 4.42 Å². The van der Waals surface area contributed by atoms with Crippen LogP contribution in [0.5, 0.6) is 0 Å². The molecular formula is C19H19NO. The van der Waals surface area contributed by atoms with Crippen molar-refractivity contribution in [2.75, 3.05) is 0 Å². The lowest BCUT2D eigenvalue weighted by atomic mass is 10.0. The fraction of sp³-hybridized carbons (Fsp3) is 0.158. The van der Waals surface area contributed by atoms with Crippen molar-refractivity contribution in [2.24, 2.45) is 0 Å². The number of nitrogens with one attached hydrogen (secondary N) is 1. The van der Waals surface area contributed by atoms with Gasteiger partial charge in [-0.25, -0.2) is 0 Å². The summed E-state index contributed by atoms with van der Waals surface area (Å²) in [5, 5.41) is 3.63. The molecule has 1 unspecified atom stereocenters. The fourth-order valence-electron chi connectivity index (χ4n) is 2.47. The second kappa shape index (κ2) is 6.91. The van der Waals surface area contributed by atoms with E-state index < -0.39 is 0 Å². The Morgan fingerprint density at radius 3 is 2.10 bits per heavy atom. The summed E-state index contributed by atoms with van der Waals surface area (Å²) in [6.07, 6.45) is 4.51. The second-order valence-electron chi connectivity index (χ2n) is 5.17. The van der Waals surface area contributed by atoms with Gasteiger partial charge in [0.2, 0.25) is 0 Å². The maximum absolute atomic E-state index is 5.25. The third kappa shape index (κ3) is 3.83. The van der Waals surface area contributed by atoms with Crippen molar-refractivity contribution in [3.63, 3.8) is 0 Å². The first kappa shape index (κ1) is 13.7. The maximum Gasteiger partial charge on any atom is 0.0950 e. The van der Waals surface area contributed by atoms with Crippen LogP contribution in [-0.4, -0.2) is 0 Å². The van der Waals surface area contributed by atoms with Crippen LogP contribution in [0.2, 0.25) is 0 Å². The molecule has 2 nitrogen and oxygen atoms in total. The highest BCUT2D eigenvalue weighted by atomic mass is 16.3. The third-order valence-electron chi connectivity index (χ3n) is 3.62. The summed E-state index contributed by atoms with van der Waals surface area (Å²) in [6.45, 7) is 0.851. The van der Waals surface area contributed by atoms with Gasteiger partial charge in [-0.1, -0.05) is 60.7 Å². The quantitative estimate of drug-likeness (QED) is 0.724. The van der Waals surface area contributed by atoms with Gasteiger partial charge < -0.3 is 9.73 Å². The molecule has 106 valence electrons. The Bertz CT molecular complexity index is 632. The first-order valence-corrected chi connectivity index (χ1v) is 7.25. The van der Waals surface area contributed by atoms with Gasteiger partial charge >= 0.3 is 0 Å². The monoisotopic (exact) mass is 277 g/mol. The van der Waals surface area contributed by atoms with Crippen molar-refractivity contribution in [1.82, 2.24) is 5.32 Å². The molecule has 3 aromatic rings. The molecule has 0 saturated carbocycles. The molecule has 0 fully saturated rings. The summed E-state index contributed by atoms with van der Waals surface area (Å²) in [7, 11) is 0. The van der Waals surface area contributed by atoms with Gasteiger partial charge in [-0.3, -0.25) is 0 Å². The van der Waals surface area contributed by atoms with E-state index in [0.717, 1.165) is 13.0 Å². The maximum atomic E-state index is 5.25. The Morgan fingerprint density at radius 2 is 1.48 bits per heavy atom. The van der Waals surface area contributed by atoms with Crippen molar-refractivity contribution in [2.45, 2.75) is 19.0 Å². The molecule has 0 bridgehead atoms. The van der Waals surface area contributed by atoms with E-state index in [-0.39, 0.29) is 6.04 Å². The summed E-state index contributed by atoms with van der Waals surface area (Å²) in [5.41, 5.74) is 3.80. The Hall–Kier alpha value is -2.32. The zero-order chi connectivity index (χ0) is 14.3. The minimum absolute atomic E-state index is 0.256. The van der Waals surface area contributed by atoms with Crippen LogP contribution in [0.4, 0.5) is 0 Å². The van der Waals surface area contributed by atoms with Crippen LogP contribution in [0, 0.1) is 0 Å². The average Bonchev–Trinajstić information content (AvgIpc) is 3.08. The zero-order valence-corrected chi connectivity index (χ0v) is 11.9. The van der Waals surface area contributed by atoms with Crippen LogP contribution in [0.25, 0.3) is 0 Å². The van der Waals surface area contributed by atoms with Crippen LogP contribution in [0.1, 0.15) is 22.7 Å². The molecule has 1 N–H and O–H groups in total. The van der Waals surface area contributed by atoms with Crippen molar-refractivity contribution in [3.05, 3.63) is 95.9 Å². The first-order valence-electron chi connectivity index (χ1n) is 7.25. The Labute approximate surface area is 125 Å². The largest absolute Gasteiger partial charge is 0.472 e. The van der Waals surface area contributed by atoms with E-state index in [0.29, 0.717) is 0 Å². The molecule has 0 saturated heterocycles. The number of rotatable bonds is 6. The van der Waals surface area contributed by atoms with E-state index in [1.807, 2.05) is 24.5 Å². The lowest BCUT2D eigenvalue weighted by Crippen LogP contribution is -2.22. The molecular weight excluding hydrogens is 258 g/mol. The number of furan rings is 1. The summed E-state index contributed by atoms with van der Waals surface area (Å²) < 4.78 is 5.25. The highest BCUT2D eigenvalue weighted by Crippen LogP contribution is 2.19. The minimum atomic E-state index is 0.256. The molecule has 1 heterocycles. The predicted molar refractivity (Wildman–Crippen MR) is 84.9 cm³/mol. The first-order chi connectivity index (χ1) is 10.4. The highest BCUT2D eigenvalue weighted by Gasteiger charge is 2.13. The van der Waals surface area contributed by atoms with Gasteiger partial charge in [0, 0.05) is 18.2 Å². The topological polar surface area (TPSA) is 25.2 Å². The third-order valence-corrected chi connectivity index (χ3v) is 3.62. The van der Waals surface area contributed by atoms with E-state index in [1.54, 1.807) is 6.26 Å². The van der Waals surface area contributed by atoms with Gasteiger partial charge in [-0.15, -0.1) is 0 Å². The summed E-state index contributed by atoms with van der Waals surface area (Å²) in [4.78, 5) is 0. The summed E-state index contributed by atoms with van der Waals surface area (Å²) >= 11 is 0. The van der Waals surface area contributed by atoms with Crippen molar-refractivity contribution >= 4 is 0 Å². The molecule has 3 rings (SSSR count). The molecule has 2 aromatic carbocycles. The van der Waals surface area contributed by atoms with Crippen molar-refractivity contribution in [1.29, 1.82) is 0 Å². The van der Waals surface area contributed by atoms with Crippen LogP contribution < -0.4 is 5.32 Å². The van der Waals surface area contributed by atoms with E-state index in [4.69, 9.17) is 4.42 Å². The smallest absolute Gasteiger partial charge is 0.0950 e. The van der Waals surface area contributed by atoms with Gasteiger partial charge in [0.05, 0.1) is 12.5 Å². The number of hydrogen-bond acceptors (Lipinski definition) is 2. The van der Waals surface area contributed by atoms with Crippen LogP contribution in [-0.2, 0) is 13.0 Å². The molecule has 1 atom stereocenters. The predicted octanol–water partition coefficient (Wildman–Crippen LogP) is 4.35. The summed E-state index contributed by atoms with van der Waals surface area (Å²) in [5.74, 6) is 0. The molecule has 1 aromatic heterocycles. The van der Waals surface area contributed by atoms with E-state index in [2.05, 4.69) is 53.8 Å². The van der Waals surface area contributed by atoms with Crippen LogP contribution in [0.15, 0.2) is 83.7 Å². The lowest BCUT2D eigenvalue weighted by Gasteiger charge is -2.17. The van der Waals surface area contributed by atoms with E-state index in [9.17, 15) is 0 Å². The van der Waals surface area contributed by atoms with Gasteiger partial charge in [0.25, 0.3) is 0 Å². The Kier molecular flexibility index (Phi) is 4.49. The Balaban J connectivity index is 1.71. The van der Waals surface area contributed by atoms with Gasteiger partial charge in [0.1, 0.15) is 0 Å². The van der Waals surface area contributed by atoms with Crippen LogP contribution >= 0.6 is 0 Å². The molecule has 0 aliphatic carbocycles. The number of benzene rings is 2. The fourth-order valence-corrected chi connectivity index (χ4v) is 2.47. The van der Waals surface area contributed by atoms with E-state index in [1.165, 1.54) is 16.7 Å². The second-order valence-corrected chi connectivity index (χ2v) is 5.17. The van der Waals surface area contributed by atoms with Crippen LogP contribution in [0.3, 0.4) is 0 Å². The SMILES string of the molecule is c1ccc(CNC(Cc2ccccc2)c2ccoc2)cc1.